The molecule has 0 N–H and O–H groups in total. The lowest BCUT2D eigenvalue weighted by Crippen LogP contribution is -2.43. The van der Waals surface area contributed by atoms with Crippen LogP contribution in [0.4, 0.5) is 0 Å². The van der Waals surface area contributed by atoms with Crippen molar-refractivity contribution in [2.24, 2.45) is 17.3 Å². The van der Waals surface area contributed by atoms with Crippen molar-refractivity contribution >= 4 is 15.9 Å². The van der Waals surface area contributed by atoms with Gasteiger partial charge in [0.2, 0.25) is 0 Å². The van der Waals surface area contributed by atoms with Gasteiger partial charge in [-0.15, -0.1) is 0 Å². The number of halogens is 1. The number of rotatable bonds is 4. The lowest BCUT2D eigenvalue weighted by atomic mass is 9.83. The van der Waals surface area contributed by atoms with Crippen molar-refractivity contribution in [1.29, 1.82) is 0 Å². The van der Waals surface area contributed by atoms with Crippen molar-refractivity contribution in [2.45, 2.75) is 40.5 Å². The minimum Gasteiger partial charge on any atom is -0.302 e. The Bertz CT molecular complexity index is 189. The van der Waals surface area contributed by atoms with Gasteiger partial charge in [-0.1, -0.05) is 43.6 Å². The maximum Gasteiger partial charge on any atom is 0.00743 e. The van der Waals surface area contributed by atoms with Crippen LogP contribution in [0.15, 0.2) is 0 Å². The van der Waals surface area contributed by atoms with Crippen LogP contribution in [0, 0.1) is 17.3 Å². The van der Waals surface area contributed by atoms with Crippen molar-refractivity contribution in [3.05, 3.63) is 0 Å². The fraction of sp³-hybridized carbons (Fsp3) is 1.00. The summed E-state index contributed by atoms with van der Waals surface area (Å²) in [7, 11) is 0. The monoisotopic (exact) mass is 275 g/mol. The van der Waals surface area contributed by atoms with E-state index in [2.05, 4.69) is 48.5 Å². The molecule has 0 aromatic carbocycles. The van der Waals surface area contributed by atoms with E-state index in [1.807, 2.05) is 0 Å². The average molecular weight is 276 g/mol. The van der Waals surface area contributed by atoms with Gasteiger partial charge in [0, 0.05) is 18.4 Å². The summed E-state index contributed by atoms with van der Waals surface area (Å²) in [5.41, 5.74) is 0.534. The highest BCUT2D eigenvalue weighted by atomic mass is 79.9. The predicted octanol–water partition coefficient (Wildman–Crippen LogP) is 3.78. The number of nitrogens with zero attached hydrogens (tertiary/aromatic N) is 1. The second-order valence-electron chi connectivity index (χ2n) is 6.16. The molecule has 0 bridgehead atoms. The van der Waals surface area contributed by atoms with Crippen molar-refractivity contribution in [3.63, 3.8) is 0 Å². The van der Waals surface area contributed by atoms with E-state index in [0.29, 0.717) is 5.41 Å². The second-order valence-corrected chi connectivity index (χ2v) is 6.81. The molecule has 1 unspecified atom stereocenters. The first-order chi connectivity index (χ1) is 6.94. The number of piperidine rings is 1. The van der Waals surface area contributed by atoms with Crippen LogP contribution in [-0.4, -0.2) is 29.9 Å². The smallest absolute Gasteiger partial charge is 0.00743 e. The Hall–Kier alpha value is 0.440. The maximum atomic E-state index is 3.65. The Morgan fingerprint density at radius 2 is 2.00 bits per heavy atom. The summed E-state index contributed by atoms with van der Waals surface area (Å²) in [6.45, 7) is 13.3. The van der Waals surface area contributed by atoms with E-state index >= 15 is 0 Å². The van der Waals surface area contributed by atoms with Gasteiger partial charge in [0.05, 0.1) is 0 Å². The summed E-state index contributed by atoms with van der Waals surface area (Å²) < 4.78 is 0. The zero-order valence-electron chi connectivity index (χ0n) is 10.7. The first kappa shape index (κ1) is 13.5. The van der Waals surface area contributed by atoms with Crippen LogP contribution in [0.3, 0.4) is 0 Å². The minimum atomic E-state index is 0.534. The molecule has 0 amide bonds. The molecule has 1 atom stereocenters. The minimum absolute atomic E-state index is 0.534. The molecule has 1 fully saturated rings. The molecule has 1 saturated heterocycles. The highest BCUT2D eigenvalue weighted by Crippen LogP contribution is 2.29. The summed E-state index contributed by atoms with van der Waals surface area (Å²) in [4.78, 5) is 2.66. The zero-order chi connectivity index (χ0) is 11.5. The standard InChI is InChI=1S/C13H26BrN/c1-11(2)12(8-14)9-15-7-5-6-13(3,4)10-15/h11-12H,5-10H2,1-4H3. The summed E-state index contributed by atoms with van der Waals surface area (Å²) in [5.74, 6) is 1.59. The number of likely N-dealkylation sites (tertiary alicyclic amines) is 1. The highest BCUT2D eigenvalue weighted by Gasteiger charge is 2.27. The van der Waals surface area contributed by atoms with Crippen molar-refractivity contribution in [1.82, 2.24) is 4.90 Å². The third-order valence-electron chi connectivity index (χ3n) is 3.61. The molecule has 1 aliphatic heterocycles. The van der Waals surface area contributed by atoms with Gasteiger partial charge in [0.1, 0.15) is 0 Å². The summed E-state index contributed by atoms with van der Waals surface area (Å²) in [6, 6.07) is 0. The molecule has 2 heteroatoms. The van der Waals surface area contributed by atoms with E-state index in [9.17, 15) is 0 Å². The van der Waals surface area contributed by atoms with Crippen molar-refractivity contribution in [3.8, 4) is 0 Å². The summed E-state index contributed by atoms with van der Waals surface area (Å²) in [6.07, 6.45) is 2.77. The third kappa shape index (κ3) is 4.44. The van der Waals surface area contributed by atoms with Gasteiger partial charge < -0.3 is 4.90 Å². The molecule has 0 spiro atoms. The van der Waals surface area contributed by atoms with Gasteiger partial charge in [0.25, 0.3) is 0 Å². The lowest BCUT2D eigenvalue weighted by molar-refractivity contribution is 0.0976. The van der Waals surface area contributed by atoms with Crippen LogP contribution in [0.5, 0.6) is 0 Å². The van der Waals surface area contributed by atoms with Gasteiger partial charge >= 0.3 is 0 Å². The Morgan fingerprint density at radius 1 is 1.33 bits per heavy atom. The van der Waals surface area contributed by atoms with Gasteiger partial charge in [-0.05, 0) is 36.6 Å². The van der Waals surface area contributed by atoms with Crippen molar-refractivity contribution in [2.75, 3.05) is 25.0 Å². The SMILES string of the molecule is CC(C)C(CBr)CN1CCCC(C)(C)C1. The largest absolute Gasteiger partial charge is 0.302 e. The summed E-state index contributed by atoms with van der Waals surface area (Å²) in [5, 5.41) is 1.14. The van der Waals surface area contributed by atoms with Crippen LogP contribution >= 0.6 is 15.9 Å². The van der Waals surface area contributed by atoms with Crippen LogP contribution in [-0.2, 0) is 0 Å². The Balaban J connectivity index is 2.43. The highest BCUT2D eigenvalue weighted by molar-refractivity contribution is 9.09. The Kier molecular flexibility index (Phi) is 5.11. The number of hydrogen-bond donors (Lipinski definition) is 0. The molecule has 0 saturated carbocycles. The summed E-state index contributed by atoms with van der Waals surface area (Å²) >= 11 is 3.65. The molecular formula is C13H26BrN. The predicted molar refractivity (Wildman–Crippen MR) is 71.6 cm³/mol. The fourth-order valence-corrected chi connectivity index (χ4v) is 3.42. The topological polar surface area (TPSA) is 3.24 Å². The van der Waals surface area contributed by atoms with Gasteiger partial charge in [-0.2, -0.15) is 0 Å². The molecule has 0 radical (unpaired) electrons. The fourth-order valence-electron chi connectivity index (χ4n) is 2.47. The maximum absolute atomic E-state index is 3.65. The Morgan fingerprint density at radius 3 is 2.47 bits per heavy atom. The molecule has 90 valence electrons. The molecule has 0 aliphatic carbocycles. The van der Waals surface area contributed by atoms with Crippen LogP contribution in [0.1, 0.15) is 40.5 Å². The molecule has 1 aliphatic rings. The van der Waals surface area contributed by atoms with Crippen LogP contribution in [0.25, 0.3) is 0 Å². The molecule has 1 rings (SSSR count). The lowest BCUT2D eigenvalue weighted by Gasteiger charge is -2.40. The second kappa shape index (κ2) is 5.67. The van der Waals surface area contributed by atoms with E-state index in [1.165, 1.54) is 32.5 Å². The number of hydrogen-bond acceptors (Lipinski definition) is 1. The molecule has 15 heavy (non-hydrogen) atoms. The van der Waals surface area contributed by atoms with E-state index < -0.39 is 0 Å². The molecule has 0 aromatic heterocycles. The van der Waals surface area contributed by atoms with Crippen molar-refractivity contribution < 1.29 is 0 Å². The molecule has 1 heterocycles. The first-order valence-electron chi connectivity index (χ1n) is 6.23. The third-order valence-corrected chi connectivity index (χ3v) is 4.44. The van der Waals surface area contributed by atoms with Gasteiger partial charge in [-0.3, -0.25) is 0 Å². The molecular weight excluding hydrogens is 250 g/mol. The number of alkyl halides is 1. The zero-order valence-corrected chi connectivity index (χ0v) is 12.3. The van der Waals surface area contributed by atoms with Crippen LogP contribution < -0.4 is 0 Å². The van der Waals surface area contributed by atoms with Crippen LogP contribution in [0.2, 0.25) is 0 Å². The van der Waals surface area contributed by atoms with E-state index in [4.69, 9.17) is 0 Å². The normalized spacial score (nSPS) is 24.4. The quantitative estimate of drug-likeness (QED) is 0.706. The van der Waals surface area contributed by atoms with Gasteiger partial charge in [-0.25, -0.2) is 0 Å². The molecule has 1 nitrogen and oxygen atoms in total. The first-order valence-corrected chi connectivity index (χ1v) is 7.35. The van der Waals surface area contributed by atoms with Gasteiger partial charge in [0.15, 0.2) is 0 Å². The Labute approximate surface area is 104 Å². The van der Waals surface area contributed by atoms with E-state index in [0.717, 1.165) is 17.2 Å². The van der Waals surface area contributed by atoms with E-state index in [-0.39, 0.29) is 0 Å². The van der Waals surface area contributed by atoms with E-state index in [1.54, 1.807) is 0 Å². The molecule has 0 aromatic rings. The average Bonchev–Trinajstić information content (AvgIpc) is 2.12.